The lowest BCUT2D eigenvalue weighted by molar-refractivity contribution is -0.130. The molecule has 0 atom stereocenters. The molecule has 0 aliphatic carbocycles. The van der Waals surface area contributed by atoms with Crippen molar-refractivity contribution in [3.05, 3.63) is 36.6 Å². The number of aldehydes is 1. The summed E-state index contributed by atoms with van der Waals surface area (Å²) in [7, 11) is 0. The summed E-state index contributed by atoms with van der Waals surface area (Å²) in [5, 5.41) is 3.57. The number of carbonyl (C=O) groups is 3. The van der Waals surface area contributed by atoms with Crippen LogP contribution < -0.4 is 10.4 Å². The lowest BCUT2D eigenvalue weighted by Crippen LogP contribution is -2.34. The maximum atomic E-state index is 12.2. The van der Waals surface area contributed by atoms with Crippen LogP contribution >= 0.6 is 0 Å². The lowest BCUT2D eigenvalue weighted by atomic mass is 10.2. The van der Waals surface area contributed by atoms with Crippen LogP contribution in [0.5, 0.6) is 0 Å². The number of hydrogen-bond donors (Lipinski definition) is 1. The average molecular weight is 364 g/mol. The molecule has 0 spiro atoms. The molecule has 0 saturated carbocycles. The van der Waals surface area contributed by atoms with Gasteiger partial charge in [0, 0.05) is 5.69 Å². The minimum Gasteiger partial charge on any atom is -0.492 e. The lowest BCUT2D eigenvalue weighted by Gasteiger charge is -2.22. The Hall–Kier alpha value is -2.87. The molecule has 8 nitrogen and oxygen atoms in total. The van der Waals surface area contributed by atoms with Gasteiger partial charge < -0.3 is 14.3 Å². The molecule has 0 radical (unpaired) electrons. The Morgan fingerprint density at radius 1 is 1.35 bits per heavy atom. The van der Waals surface area contributed by atoms with Crippen molar-refractivity contribution in [3.63, 3.8) is 0 Å². The molecule has 1 aromatic carbocycles. The Bertz CT molecular complexity index is 632. The maximum Gasteiger partial charge on any atom is 0.411 e. The number of nitrogens with one attached hydrogen (secondary N) is 1. The van der Waals surface area contributed by atoms with Gasteiger partial charge in [-0.2, -0.15) is 5.06 Å². The van der Waals surface area contributed by atoms with Crippen LogP contribution in [0.25, 0.3) is 0 Å². The van der Waals surface area contributed by atoms with E-state index in [0.29, 0.717) is 24.3 Å². The van der Waals surface area contributed by atoms with E-state index >= 15 is 0 Å². The topological polar surface area (TPSA) is 94.2 Å². The van der Waals surface area contributed by atoms with Gasteiger partial charge in [0.05, 0.1) is 18.6 Å². The molecule has 0 saturated heterocycles. The maximum absolute atomic E-state index is 12.2. The van der Waals surface area contributed by atoms with Crippen LogP contribution in [0.2, 0.25) is 0 Å². The number of amides is 2. The number of unbranched alkanes of at least 4 members (excludes halogenated alkanes) is 1. The third-order valence-corrected chi connectivity index (χ3v) is 3.25. The second-order valence-corrected chi connectivity index (χ2v) is 5.24. The standard InChI is InChI=1S/C18H24N2O6/c1-4-6-10-25-18(23)19-16-12-15(8-7-14(16)3)20(26-11-9-21)17(22)13-24-5-2/h5,7-9,12H,2,4,6,10-11,13H2,1,3H3,(H,19,23). The van der Waals surface area contributed by atoms with Crippen molar-refractivity contribution in [2.24, 2.45) is 0 Å². The summed E-state index contributed by atoms with van der Waals surface area (Å²) in [5.74, 6) is -0.535. The van der Waals surface area contributed by atoms with Crippen LogP contribution in [-0.2, 0) is 23.9 Å². The Balaban J connectivity index is 2.94. The highest BCUT2D eigenvalue weighted by atomic mass is 16.7. The number of hydrogen-bond acceptors (Lipinski definition) is 6. The zero-order chi connectivity index (χ0) is 19.4. The predicted molar refractivity (Wildman–Crippen MR) is 96.7 cm³/mol. The molecule has 2 amide bonds. The van der Waals surface area contributed by atoms with Gasteiger partial charge in [-0.05, 0) is 31.0 Å². The molecule has 142 valence electrons. The van der Waals surface area contributed by atoms with Crippen LogP contribution in [0.4, 0.5) is 16.2 Å². The van der Waals surface area contributed by atoms with E-state index in [1.54, 1.807) is 25.1 Å². The molecule has 1 rings (SSSR count). The summed E-state index contributed by atoms with van der Waals surface area (Å²) in [5.41, 5.74) is 1.56. The zero-order valence-electron chi connectivity index (χ0n) is 15.0. The predicted octanol–water partition coefficient (Wildman–Crippen LogP) is 2.97. The van der Waals surface area contributed by atoms with Crippen LogP contribution in [0.15, 0.2) is 31.0 Å². The quantitative estimate of drug-likeness (QED) is 0.281. The second kappa shape index (κ2) is 11.6. The van der Waals surface area contributed by atoms with Crippen molar-refractivity contribution >= 4 is 29.7 Å². The van der Waals surface area contributed by atoms with Gasteiger partial charge in [0.25, 0.3) is 5.91 Å². The van der Waals surface area contributed by atoms with Gasteiger partial charge >= 0.3 is 6.09 Å². The van der Waals surface area contributed by atoms with E-state index in [1.807, 2.05) is 6.92 Å². The van der Waals surface area contributed by atoms with Gasteiger partial charge in [-0.25, -0.2) is 4.79 Å². The van der Waals surface area contributed by atoms with E-state index in [9.17, 15) is 14.4 Å². The van der Waals surface area contributed by atoms with Gasteiger partial charge in [-0.1, -0.05) is 26.0 Å². The highest BCUT2D eigenvalue weighted by Crippen LogP contribution is 2.24. The molecule has 0 heterocycles. The third kappa shape index (κ3) is 6.94. The highest BCUT2D eigenvalue weighted by molar-refractivity contribution is 5.94. The molecule has 0 bridgehead atoms. The fourth-order valence-electron chi connectivity index (χ4n) is 1.91. The molecule has 0 aliphatic heterocycles. The SMILES string of the molecule is C=COCC(=O)N(OCC=O)c1ccc(C)c(NC(=O)OCCCC)c1. The second-order valence-electron chi connectivity index (χ2n) is 5.24. The molecule has 26 heavy (non-hydrogen) atoms. The smallest absolute Gasteiger partial charge is 0.411 e. The van der Waals surface area contributed by atoms with Crippen LogP contribution in [-0.4, -0.2) is 38.1 Å². The van der Waals surface area contributed by atoms with Gasteiger partial charge in [-0.3, -0.25) is 14.9 Å². The van der Waals surface area contributed by atoms with Gasteiger partial charge in [-0.15, -0.1) is 0 Å². The van der Waals surface area contributed by atoms with E-state index in [2.05, 4.69) is 11.9 Å². The minimum absolute atomic E-state index is 0.307. The first-order valence-corrected chi connectivity index (χ1v) is 8.19. The van der Waals surface area contributed by atoms with E-state index in [4.69, 9.17) is 14.3 Å². The number of hydroxylamine groups is 1. The molecular formula is C18H24N2O6. The van der Waals surface area contributed by atoms with Gasteiger partial charge in [0.1, 0.15) is 12.9 Å². The third-order valence-electron chi connectivity index (χ3n) is 3.25. The fourth-order valence-corrected chi connectivity index (χ4v) is 1.91. The molecular weight excluding hydrogens is 340 g/mol. The number of aryl methyl sites for hydroxylation is 1. The normalized spacial score (nSPS) is 9.92. The Morgan fingerprint density at radius 3 is 2.77 bits per heavy atom. The monoisotopic (exact) mass is 364 g/mol. The van der Waals surface area contributed by atoms with E-state index in [-0.39, 0.29) is 13.2 Å². The first-order valence-electron chi connectivity index (χ1n) is 8.19. The van der Waals surface area contributed by atoms with Gasteiger partial charge in [0.15, 0.2) is 6.61 Å². The van der Waals surface area contributed by atoms with Crippen LogP contribution in [0, 0.1) is 6.92 Å². The van der Waals surface area contributed by atoms with Crippen molar-refractivity contribution in [2.45, 2.75) is 26.7 Å². The molecule has 1 N–H and O–H groups in total. The zero-order valence-corrected chi connectivity index (χ0v) is 15.0. The molecule has 0 aliphatic rings. The number of benzene rings is 1. The number of ether oxygens (including phenoxy) is 2. The summed E-state index contributed by atoms with van der Waals surface area (Å²) in [6, 6.07) is 4.88. The van der Waals surface area contributed by atoms with Crippen LogP contribution in [0.3, 0.4) is 0 Å². The number of carbonyl (C=O) groups excluding carboxylic acids is 3. The fraction of sp³-hybridized carbons (Fsp3) is 0.389. The van der Waals surface area contributed by atoms with Crippen molar-refractivity contribution in [1.29, 1.82) is 0 Å². The van der Waals surface area contributed by atoms with Crippen molar-refractivity contribution in [3.8, 4) is 0 Å². The molecule has 0 unspecified atom stereocenters. The van der Waals surface area contributed by atoms with Crippen molar-refractivity contribution < 1.29 is 28.7 Å². The van der Waals surface area contributed by atoms with Crippen molar-refractivity contribution in [2.75, 3.05) is 30.2 Å². The molecule has 1 aromatic rings. The molecule has 0 fully saturated rings. The van der Waals surface area contributed by atoms with E-state index in [1.165, 1.54) is 0 Å². The summed E-state index contributed by atoms with van der Waals surface area (Å²) in [6.07, 6.45) is 2.76. The summed E-state index contributed by atoms with van der Waals surface area (Å²) in [6.45, 7) is 6.87. The average Bonchev–Trinajstić information content (AvgIpc) is 2.63. The summed E-state index contributed by atoms with van der Waals surface area (Å²) >= 11 is 0. The Kier molecular flexibility index (Phi) is 9.48. The van der Waals surface area contributed by atoms with E-state index in [0.717, 1.165) is 29.7 Å². The highest BCUT2D eigenvalue weighted by Gasteiger charge is 2.19. The van der Waals surface area contributed by atoms with Crippen molar-refractivity contribution in [1.82, 2.24) is 0 Å². The number of nitrogens with zero attached hydrogens (tertiary/aromatic N) is 1. The summed E-state index contributed by atoms with van der Waals surface area (Å²) < 4.78 is 9.93. The molecule has 8 heteroatoms. The number of anilines is 2. The minimum atomic E-state index is -0.583. The largest absolute Gasteiger partial charge is 0.492 e. The van der Waals surface area contributed by atoms with E-state index < -0.39 is 12.0 Å². The molecule has 0 aromatic heterocycles. The Labute approximate surface area is 152 Å². The number of rotatable bonds is 11. The first-order chi connectivity index (χ1) is 12.5. The van der Waals surface area contributed by atoms with Crippen LogP contribution in [0.1, 0.15) is 25.3 Å². The summed E-state index contributed by atoms with van der Waals surface area (Å²) in [4.78, 5) is 39.8. The van der Waals surface area contributed by atoms with Gasteiger partial charge in [0.2, 0.25) is 0 Å². The Morgan fingerprint density at radius 2 is 2.12 bits per heavy atom. The first kappa shape index (κ1) is 21.2.